The van der Waals surface area contributed by atoms with E-state index in [1.165, 1.54) is 0 Å². The maximum absolute atomic E-state index is 12.1. The smallest absolute Gasteiger partial charge is 0.274 e. The molecule has 1 heterocycles. The van der Waals surface area contributed by atoms with Gasteiger partial charge in [0.25, 0.3) is 5.56 Å². The average Bonchev–Trinajstić information content (AvgIpc) is 2.62. The molecule has 1 N–H and O–H groups in total. The summed E-state index contributed by atoms with van der Waals surface area (Å²) >= 11 is 0. The van der Waals surface area contributed by atoms with Crippen molar-refractivity contribution in [1.82, 2.24) is 9.97 Å². The molecule has 0 radical (unpaired) electrons. The highest BCUT2D eigenvalue weighted by Gasteiger charge is 2.08. The van der Waals surface area contributed by atoms with E-state index in [-0.39, 0.29) is 5.56 Å². The fourth-order valence-corrected chi connectivity index (χ4v) is 2.26. The first kappa shape index (κ1) is 14.8. The largest absolute Gasteiger partial charge is 0.497 e. The molecule has 2 aromatic carbocycles. The molecule has 116 valence electrons. The predicted molar refractivity (Wildman–Crippen MR) is 88.8 cm³/mol. The summed E-state index contributed by atoms with van der Waals surface area (Å²) in [6, 6.07) is 14.7. The Morgan fingerprint density at radius 1 is 0.826 bits per heavy atom. The number of hydrogen-bond donors (Lipinski definition) is 1. The standard InChI is InChI=1S/C18H16N2O3/c1-22-14-7-3-12(4-8-14)16-11-19-18(21)17(20-16)13-5-9-15(23-2)10-6-13/h3-11H,1-2H3,(H,19,21). The average molecular weight is 308 g/mol. The summed E-state index contributed by atoms with van der Waals surface area (Å²) in [5, 5.41) is 0. The normalized spacial score (nSPS) is 10.3. The van der Waals surface area contributed by atoms with Crippen LogP contribution in [-0.2, 0) is 0 Å². The molecule has 0 aliphatic rings. The Bertz CT molecular complexity index is 853. The zero-order chi connectivity index (χ0) is 16.2. The molecular formula is C18H16N2O3. The second-order valence-electron chi connectivity index (χ2n) is 4.92. The van der Waals surface area contributed by atoms with Crippen molar-refractivity contribution in [3.05, 3.63) is 65.1 Å². The van der Waals surface area contributed by atoms with Crippen LogP contribution >= 0.6 is 0 Å². The zero-order valence-corrected chi connectivity index (χ0v) is 12.9. The van der Waals surface area contributed by atoms with Crippen LogP contribution in [-0.4, -0.2) is 24.2 Å². The van der Waals surface area contributed by atoms with Crippen LogP contribution in [0, 0.1) is 0 Å². The molecule has 0 amide bonds. The molecule has 0 saturated carbocycles. The van der Waals surface area contributed by atoms with Crippen LogP contribution < -0.4 is 15.0 Å². The fourth-order valence-electron chi connectivity index (χ4n) is 2.26. The Morgan fingerprint density at radius 3 is 1.87 bits per heavy atom. The van der Waals surface area contributed by atoms with Crippen LogP contribution in [0.2, 0.25) is 0 Å². The van der Waals surface area contributed by atoms with Gasteiger partial charge in [-0.2, -0.15) is 0 Å². The lowest BCUT2D eigenvalue weighted by Crippen LogP contribution is -2.11. The van der Waals surface area contributed by atoms with Gasteiger partial charge in [-0.3, -0.25) is 4.79 Å². The van der Waals surface area contributed by atoms with Crippen LogP contribution in [0.1, 0.15) is 0 Å². The Balaban J connectivity index is 2.02. The van der Waals surface area contributed by atoms with Crippen LogP contribution in [0.3, 0.4) is 0 Å². The van der Waals surface area contributed by atoms with E-state index < -0.39 is 0 Å². The first-order chi connectivity index (χ1) is 11.2. The maximum Gasteiger partial charge on any atom is 0.274 e. The third-order valence-electron chi connectivity index (χ3n) is 3.54. The first-order valence-corrected chi connectivity index (χ1v) is 7.10. The molecule has 0 bridgehead atoms. The fraction of sp³-hybridized carbons (Fsp3) is 0.111. The molecule has 0 unspecified atom stereocenters. The highest BCUT2D eigenvalue weighted by Crippen LogP contribution is 2.23. The van der Waals surface area contributed by atoms with Crippen LogP contribution in [0.25, 0.3) is 22.5 Å². The quantitative estimate of drug-likeness (QED) is 0.804. The second kappa shape index (κ2) is 6.36. The molecule has 23 heavy (non-hydrogen) atoms. The summed E-state index contributed by atoms with van der Waals surface area (Å²) < 4.78 is 10.3. The minimum atomic E-state index is -0.229. The molecule has 0 aliphatic carbocycles. The van der Waals surface area contributed by atoms with Gasteiger partial charge in [0.15, 0.2) is 0 Å². The number of aromatic amines is 1. The van der Waals surface area contributed by atoms with Gasteiger partial charge in [-0.15, -0.1) is 0 Å². The summed E-state index contributed by atoms with van der Waals surface area (Å²) in [5.74, 6) is 1.50. The molecule has 5 nitrogen and oxygen atoms in total. The van der Waals surface area contributed by atoms with Gasteiger partial charge >= 0.3 is 0 Å². The Labute approximate surface area is 133 Å². The topological polar surface area (TPSA) is 64.2 Å². The third kappa shape index (κ3) is 3.08. The highest BCUT2D eigenvalue weighted by atomic mass is 16.5. The van der Waals surface area contributed by atoms with Gasteiger partial charge in [-0.05, 0) is 48.5 Å². The van der Waals surface area contributed by atoms with Crippen molar-refractivity contribution >= 4 is 0 Å². The number of nitrogens with one attached hydrogen (secondary N) is 1. The number of ether oxygens (including phenoxy) is 2. The minimum Gasteiger partial charge on any atom is -0.497 e. The molecule has 0 aliphatic heterocycles. The van der Waals surface area contributed by atoms with Crippen molar-refractivity contribution < 1.29 is 9.47 Å². The van der Waals surface area contributed by atoms with E-state index in [1.807, 2.05) is 36.4 Å². The predicted octanol–water partition coefficient (Wildman–Crippen LogP) is 3.12. The lowest BCUT2D eigenvalue weighted by atomic mass is 10.1. The number of aromatic nitrogens is 2. The van der Waals surface area contributed by atoms with Crippen molar-refractivity contribution in [3.63, 3.8) is 0 Å². The molecule has 3 aromatic rings. The van der Waals surface area contributed by atoms with Crippen molar-refractivity contribution in [2.45, 2.75) is 0 Å². The Hall–Kier alpha value is -3.08. The van der Waals surface area contributed by atoms with Crippen molar-refractivity contribution in [1.29, 1.82) is 0 Å². The molecule has 0 atom stereocenters. The third-order valence-corrected chi connectivity index (χ3v) is 3.54. The summed E-state index contributed by atoms with van der Waals surface area (Å²) in [6.07, 6.45) is 1.61. The maximum atomic E-state index is 12.1. The van der Waals surface area contributed by atoms with E-state index >= 15 is 0 Å². The van der Waals surface area contributed by atoms with E-state index in [1.54, 1.807) is 32.5 Å². The van der Waals surface area contributed by atoms with Gasteiger partial charge in [0.1, 0.15) is 17.2 Å². The first-order valence-electron chi connectivity index (χ1n) is 7.10. The van der Waals surface area contributed by atoms with Gasteiger partial charge in [-0.1, -0.05) is 0 Å². The second-order valence-corrected chi connectivity index (χ2v) is 4.92. The SMILES string of the molecule is COc1ccc(-c2c[nH]c(=O)c(-c3ccc(OC)cc3)n2)cc1. The number of nitrogens with zero attached hydrogens (tertiary/aromatic N) is 1. The molecule has 5 heteroatoms. The van der Waals surface area contributed by atoms with Gasteiger partial charge < -0.3 is 14.5 Å². The number of rotatable bonds is 4. The van der Waals surface area contributed by atoms with Crippen molar-refractivity contribution in [2.75, 3.05) is 14.2 Å². The molecule has 0 saturated heterocycles. The van der Waals surface area contributed by atoms with E-state index in [9.17, 15) is 4.79 Å². The van der Waals surface area contributed by atoms with E-state index in [0.29, 0.717) is 11.4 Å². The van der Waals surface area contributed by atoms with Gasteiger partial charge in [0.05, 0.1) is 19.9 Å². The lowest BCUT2D eigenvalue weighted by molar-refractivity contribution is 0.415. The van der Waals surface area contributed by atoms with Crippen LogP contribution in [0.15, 0.2) is 59.5 Å². The van der Waals surface area contributed by atoms with Crippen molar-refractivity contribution in [2.24, 2.45) is 0 Å². The lowest BCUT2D eigenvalue weighted by Gasteiger charge is -2.06. The molecule has 1 aromatic heterocycles. The molecular weight excluding hydrogens is 292 g/mol. The zero-order valence-electron chi connectivity index (χ0n) is 12.9. The molecule has 3 rings (SSSR count). The van der Waals surface area contributed by atoms with Crippen LogP contribution in [0.4, 0.5) is 0 Å². The summed E-state index contributed by atoms with van der Waals surface area (Å²) in [6.45, 7) is 0. The van der Waals surface area contributed by atoms with E-state index in [2.05, 4.69) is 9.97 Å². The van der Waals surface area contributed by atoms with Gasteiger partial charge in [0.2, 0.25) is 0 Å². The molecule has 0 fully saturated rings. The summed E-state index contributed by atoms with van der Waals surface area (Å²) in [4.78, 5) is 19.3. The monoisotopic (exact) mass is 308 g/mol. The summed E-state index contributed by atoms with van der Waals surface area (Å²) in [7, 11) is 3.22. The number of methoxy groups -OCH3 is 2. The summed E-state index contributed by atoms with van der Waals surface area (Å²) in [5.41, 5.74) is 2.48. The number of H-pyrrole nitrogens is 1. The minimum absolute atomic E-state index is 0.229. The van der Waals surface area contributed by atoms with E-state index in [4.69, 9.17) is 9.47 Å². The van der Waals surface area contributed by atoms with Crippen molar-refractivity contribution in [3.8, 4) is 34.0 Å². The number of benzene rings is 2. The Morgan fingerprint density at radius 2 is 1.35 bits per heavy atom. The molecule has 0 spiro atoms. The van der Waals surface area contributed by atoms with Gasteiger partial charge in [-0.25, -0.2) is 4.98 Å². The number of hydrogen-bond acceptors (Lipinski definition) is 4. The van der Waals surface area contributed by atoms with Crippen LogP contribution in [0.5, 0.6) is 11.5 Å². The highest BCUT2D eigenvalue weighted by molar-refractivity contribution is 5.65. The Kier molecular flexibility index (Phi) is 4.10. The van der Waals surface area contributed by atoms with E-state index in [0.717, 1.165) is 22.6 Å². The van der Waals surface area contributed by atoms with Gasteiger partial charge in [0, 0.05) is 17.3 Å².